The Balaban J connectivity index is 1.73. The minimum atomic E-state index is -0.453. The molecule has 0 atom stereocenters. The van der Waals surface area contributed by atoms with Crippen LogP contribution in [-0.2, 0) is 0 Å². The average Bonchev–Trinajstić information content (AvgIpc) is 2.65. The molecule has 6 nitrogen and oxygen atoms in total. The van der Waals surface area contributed by atoms with E-state index in [2.05, 4.69) is 26.9 Å². The van der Waals surface area contributed by atoms with Crippen molar-refractivity contribution in [3.05, 3.63) is 75.9 Å². The number of hydrogen-bond donors (Lipinski definition) is 2. The van der Waals surface area contributed by atoms with Crippen LogP contribution in [0.5, 0.6) is 0 Å². The molecule has 0 bridgehead atoms. The molecule has 0 aliphatic carbocycles. The average molecular weight is 384 g/mol. The second-order valence-corrected chi connectivity index (χ2v) is 6.01. The maximum atomic E-state index is 12.3. The minimum absolute atomic E-state index is 0.120. The van der Waals surface area contributed by atoms with Gasteiger partial charge in [-0.05, 0) is 42.5 Å². The van der Waals surface area contributed by atoms with E-state index in [1.807, 2.05) is 0 Å². The number of halogens is 2. The molecule has 3 rings (SSSR count). The van der Waals surface area contributed by atoms with E-state index in [9.17, 15) is 4.79 Å². The number of hydrogen-bond acceptors (Lipinski definition) is 5. The van der Waals surface area contributed by atoms with E-state index in [0.29, 0.717) is 32.8 Å². The number of carbonyl (C=O) groups is 1. The van der Waals surface area contributed by atoms with Gasteiger partial charge in [-0.3, -0.25) is 4.79 Å². The highest BCUT2D eigenvalue weighted by Gasteiger charge is 2.11. The fourth-order valence-electron chi connectivity index (χ4n) is 2.12. The lowest BCUT2D eigenvalue weighted by molar-refractivity contribution is 0.102. The maximum absolute atomic E-state index is 12.3. The zero-order valence-electron chi connectivity index (χ0n) is 13.2. The van der Waals surface area contributed by atoms with Crippen molar-refractivity contribution in [3.63, 3.8) is 0 Å². The van der Waals surface area contributed by atoms with Crippen LogP contribution >= 0.6 is 23.2 Å². The predicted molar refractivity (Wildman–Crippen MR) is 101 cm³/mol. The number of amides is 1. The molecule has 1 amide bonds. The van der Waals surface area contributed by atoms with Crippen LogP contribution in [0.25, 0.3) is 0 Å². The Morgan fingerprint density at radius 2 is 1.81 bits per heavy atom. The van der Waals surface area contributed by atoms with Crippen LogP contribution in [0.2, 0.25) is 10.0 Å². The van der Waals surface area contributed by atoms with Gasteiger partial charge >= 0.3 is 0 Å². The topological polar surface area (TPSA) is 90.7 Å². The molecule has 0 fully saturated rings. The van der Waals surface area contributed by atoms with Crippen molar-refractivity contribution in [1.29, 1.82) is 5.26 Å². The van der Waals surface area contributed by atoms with Crippen molar-refractivity contribution in [2.24, 2.45) is 0 Å². The summed E-state index contributed by atoms with van der Waals surface area (Å²) in [5, 5.41) is 23.4. The highest BCUT2D eigenvalue weighted by molar-refractivity contribution is 6.36. The summed E-state index contributed by atoms with van der Waals surface area (Å²) in [4.78, 5) is 12.3. The van der Waals surface area contributed by atoms with Gasteiger partial charge in [-0.2, -0.15) is 5.26 Å². The second-order valence-electron chi connectivity index (χ2n) is 5.16. The van der Waals surface area contributed by atoms with Crippen LogP contribution < -0.4 is 10.6 Å². The molecule has 0 unspecified atom stereocenters. The SMILES string of the molecule is N#Cc1ccccc1Nc1ccc(C(=O)Nc2ccc(Cl)cc2Cl)nn1. The Bertz CT molecular complexity index is 999. The van der Waals surface area contributed by atoms with Crippen molar-refractivity contribution < 1.29 is 4.79 Å². The highest BCUT2D eigenvalue weighted by Crippen LogP contribution is 2.25. The lowest BCUT2D eigenvalue weighted by Crippen LogP contribution is -2.15. The largest absolute Gasteiger partial charge is 0.338 e. The fourth-order valence-corrected chi connectivity index (χ4v) is 2.58. The van der Waals surface area contributed by atoms with Gasteiger partial charge in [0.05, 0.1) is 22.0 Å². The molecule has 0 saturated heterocycles. The molecule has 3 aromatic rings. The van der Waals surface area contributed by atoms with E-state index in [4.69, 9.17) is 28.5 Å². The first-order valence-electron chi connectivity index (χ1n) is 7.43. The highest BCUT2D eigenvalue weighted by atomic mass is 35.5. The first kappa shape index (κ1) is 17.7. The summed E-state index contributed by atoms with van der Waals surface area (Å²) in [6.45, 7) is 0. The van der Waals surface area contributed by atoms with Gasteiger partial charge in [-0.15, -0.1) is 10.2 Å². The molecular formula is C18H11Cl2N5O. The maximum Gasteiger partial charge on any atom is 0.276 e. The summed E-state index contributed by atoms with van der Waals surface area (Å²) >= 11 is 11.9. The molecule has 1 heterocycles. The first-order valence-corrected chi connectivity index (χ1v) is 8.18. The summed E-state index contributed by atoms with van der Waals surface area (Å²) in [5.74, 6) is -0.0422. The van der Waals surface area contributed by atoms with Gasteiger partial charge < -0.3 is 10.6 Å². The Labute approximate surface area is 159 Å². The standard InChI is InChI=1S/C18H11Cl2N5O/c19-12-5-6-15(13(20)9-12)23-18(26)16-7-8-17(25-24-16)22-14-4-2-1-3-11(14)10-21/h1-9H,(H,22,25)(H,23,26). The Hall–Kier alpha value is -3.14. The molecule has 2 N–H and O–H groups in total. The van der Waals surface area contributed by atoms with Gasteiger partial charge in [-0.25, -0.2) is 0 Å². The van der Waals surface area contributed by atoms with E-state index < -0.39 is 5.91 Å². The lowest BCUT2D eigenvalue weighted by Gasteiger charge is -2.08. The molecule has 0 spiro atoms. The van der Waals surface area contributed by atoms with Crippen LogP contribution in [0.4, 0.5) is 17.2 Å². The molecule has 8 heteroatoms. The summed E-state index contributed by atoms with van der Waals surface area (Å²) in [7, 11) is 0. The number of benzene rings is 2. The van der Waals surface area contributed by atoms with Crippen LogP contribution in [0.1, 0.15) is 16.1 Å². The van der Waals surface area contributed by atoms with Gasteiger partial charge in [0, 0.05) is 5.02 Å². The van der Waals surface area contributed by atoms with Crippen LogP contribution in [-0.4, -0.2) is 16.1 Å². The number of nitrogens with one attached hydrogen (secondary N) is 2. The monoisotopic (exact) mass is 383 g/mol. The molecule has 0 aliphatic rings. The molecule has 128 valence electrons. The van der Waals surface area contributed by atoms with Crippen LogP contribution in [0, 0.1) is 11.3 Å². The zero-order chi connectivity index (χ0) is 18.5. The van der Waals surface area contributed by atoms with Crippen LogP contribution in [0.3, 0.4) is 0 Å². The normalized spacial score (nSPS) is 10.0. The number of nitriles is 1. The molecule has 2 aromatic carbocycles. The first-order chi connectivity index (χ1) is 12.6. The zero-order valence-corrected chi connectivity index (χ0v) is 14.7. The van der Waals surface area contributed by atoms with Gasteiger partial charge in [0.15, 0.2) is 11.5 Å². The molecular weight excluding hydrogens is 373 g/mol. The molecule has 0 aliphatic heterocycles. The number of carbonyl (C=O) groups excluding carboxylic acids is 1. The number of para-hydroxylation sites is 1. The number of nitrogens with zero attached hydrogens (tertiary/aromatic N) is 3. The van der Waals surface area contributed by atoms with E-state index in [-0.39, 0.29) is 5.69 Å². The van der Waals surface area contributed by atoms with Crippen molar-refractivity contribution in [1.82, 2.24) is 10.2 Å². The van der Waals surface area contributed by atoms with E-state index >= 15 is 0 Å². The summed E-state index contributed by atoms with van der Waals surface area (Å²) in [5.41, 5.74) is 1.63. The van der Waals surface area contributed by atoms with Gasteiger partial charge in [0.1, 0.15) is 6.07 Å². The van der Waals surface area contributed by atoms with Crippen molar-refractivity contribution in [2.45, 2.75) is 0 Å². The van der Waals surface area contributed by atoms with Crippen molar-refractivity contribution in [2.75, 3.05) is 10.6 Å². The molecule has 1 aromatic heterocycles. The van der Waals surface area contributed by atoms with Crippen molar-refractivity contribution in [3.8, 4) is 6.07 Å². The van der Waals surface area contributed by atoms with Gasteiger partial charge in [0.2, 0.25) is 0 Å². The van der Waals surface area contributed by atoms with Crippen molar-refractivity contribution >= 4 is 46.3 Å². The fraction of sp³-hybridized carbons (Fsp3) is 0. The Morgan fingerprint density at radius 3 is 2.50 bits per heavy atom. The molecule has 0 saturated carbocycles. The van der Waals surface area contributed by atoms with Gasteiger partial charge in [0.25, 0.3) is 5.91 Å². The Morgan fingerprint density at radius 1 is 1.00 bits per heavy atom. The van der Waals surface area contributed by atoms with E-state index in [0.717, 1.165) is 0 Å². The van der Waals surface area contributed by atoms with E-state index in [1.54, 1.807) is 42.5 Å². The van der Waals surface area contributed by atoms with E-state index in [1.165, 1.54) is 12.1 Å². The van der Waals surface area contributed by atoms with Crippen LogP contribution in [0.15, 0.2) is 54.6 Å². The third kappa shape index (κ3) is 4.09. The lowest BCUT2D eigenvalue weighted by atomic mass is 10.2. The molecule has 26 heavy (non-hydrogen) atoms. The second kappa shape index (κ2) is 7.83. The molecule has 0 radical (unpaired) electrons. The predicted octanol–water partition coefficient (Wildman–Crippen LogP) is 4.65. The smallest absolute Gasteiger partial charge is 0.276 e. The minimum Gasteiger partial charge on any atom is -0.338 e. The number of rotatable bonds is 4. The number of aromatic nitrogens is 2. The third-order valence-corrected chi connectivity index (χ3v) is 3.93. The van der Waals surface area contributed by atoms with Gasteiger partial charge in [-0.1, -0.05) is 35.3 Å². The quantitative estimate of drug-likeness (QED) is 0.683. The number of anilines is 3. The third-order valence-electron chi connectivity index (χ3n) is 3.39. The summed E-state index contributed by atoms with van der Waals surface area (Å²) < 4.78 is 0. The summed E-state index contributed by atoms with van der Waals surface area (Å²) in [6.07, 6.45) is 0. The summed E-state index contributed by atoms with van der Waals surface area (Å²) in [6, 6.07) is 17.0. The Kier molecular flexibility index (Phi) is 5.32.